The lowest BCUT2D eigenvalue weighted by atomic mass is 10.2. The van der Waals surface area contributed by atoms with Gasteiger partial charge < -0.3 is 20.5 Å². The lowest BCUT2D eigenvalue weighted by Crippen LogP contribution is -2.21. The Labute approximate surface area is 159 Å². The Kier molecular flexibility index (Phi) is 6.01. The molecule has 0 bridgehead atoms. The normalized spacial score (nSPS) is 10.2. The maximum atomic E-state index is 12.3. The summed E-state index contributed by atoms with van der Waals surface area (Å²) in [6, 6.07) is 16.2. The summed E-state index contributed by atoms with van der Waals surface area (Å²) in [6.45, 7) is -0.291. The van der Waals surface area contributed by atoms with Gasteiger partial charge in [-0.05, 0) is 24.3 Å². The van der Waals surface area contributed by atoms with Crippen molar-refractivity contribution < 1.29 is 19.1 Å². The van der Waals surface area contributed by atoms with E-state index in [0.717, 1.165) is 5.69 Å². The van der Waals surface area contributed by atoms with Gasteiger partial charge >= 0.3 is 5.97 Å². The second-order valence-corrected chi connectivity index (χ2v) is 6.32. The topological polar surface area (TPSA) is 104 Å². The number of esters is 1. The summed E-state index contributed by atoms with van der Waals surface area (Å²) in [5.41, 5.74) is 6.84. The highest BCUT2D eigenvalue weighted by molar-refractivity contribution is 7.13. The van der Waals surface area contributed by atoms with Gasteiger partial charge in [-0.3, -0.25) is 4.79 Å². The summed E-state index contributed by atoms with van der Waals surface area (Å²) in [5.74, 6) is -0.953. The van der Waals surface area contributed by atoms with E-state index < -0.39 is 11.9 Å². The molecule has 3 N–H and O–H groups in total. The molecule has 1 aromatic heterocycles. The van der Waals surface area contributed by atoms with Gasteiger partial charge in [0.05, 0.1) is 5.69 Å². The molecule has 0 saturated carbocycles. The van der Waals surface area contributed by atoms with E-state index in [4.69, 9.17) is 15.2 Å². The fraction of sp³-hybridized carbons (Fsp3) is 0.105. The standard InChI is InChI=1S/C19H17N3O4S/c20-17(23)11-25-16-9-5-4-8-15(16)18(24)26-10-14-12-27-19(22-14)21-13-6-2-1-3-7-13/h1-9,12H,10-11H2,(H2,20,23)(H,21,22). The molecule has 0 saturated heterocycles. The number of carbonyl (C=O) groups excluding carboxylic acids is 2. The van der Waals surface area contributed by atoms with Crippen molar-refractivity contribution in [3.8, 4) is 5.75 Å². The Morgan fingerprint density at radius 3 is 2.59 bits per heavy atom. The molecular weight excluding hydrogens is 366 g/mol. The van der Waals surface area contributed by atoms with Crippen molar-refractivity contribution in [2.45, 2.75) is 6.61 Å². The number of rotatable bonds is 8. The van der Waals surface area contributed by atoms with Crippen LogP contribution >= 0.6 is 11.3 Å². The van der Waals surface area contributed by atoms with Crippen molar-refractivity contribution in [3.05, 3.63) is 71.2 Å². The zero-order valence-electron chi connectivity index (χ0n) is 14.3. The maximum Gasteiger partial charge on any atom is 0.342 e. The number of hydrogen-bond acceptors (Lipinski definition) is 7. The Hall–Kier alpha value is -3.39. The number of anilines is 2. The second kappa shape index (κ2) is 8.81. The first kappa shape index (κ1) is 18.4. The van der Waals surface area contributed by atoms with Crippen molar-refractivity contribution in [2.75, 3.05) is 11.9 Å². The van der Waals surface area contributed by atoms with Gasteiger partial charge in [0.15, 0.2) is 11.7 Å². The molecule has 3 aromatic rings. The van der Waals surface area contributed by atoms with E-state index >= 15 is 0 Å². The van der Waals surface area contributed by atoms with Crippen LogP contribution < -0.4 is 15.8 Å². The summed E-state index contributed by atoms with van der Waals surface area (Å²) in [4.78, 5) is 27.6. The van der Waals surface area contributed by atoms with Gasteiger partial charge in [0.2, 0.25) is 0 Å². The average Bonchev–Trinajstić information content (AvgIpc) is 3.13. The molecule has 0 spiro atoms. The van der Waals surface area contributed by atoms with Crippen molar-refractivity contribution >= 4 is 34.0 Å². The Morgan fingerprint density at radius 2 is 1.81 bits per heavy atom. The highest BCUT2D eigenvalue weighted by Gasteiger charge is 2.15. The van der Waals surface area contributed by atoms with E-state index in [1.54, 1.807) is 24.3 Å². The van der Waals surface area contributed by atoms with Crippen molar-refractivity contribution in [3.63, 3.8) is 0 Å². The predicted molar refractivity (Wildman–Crippen MR) is 102 cm³/mol. The SMILES string of the molecule is NC(=O)COc1ccccc1C(=O)OCc1csc(Nc2ccccc2)n1. The molecule has 8 heteroatoms. The fourth-order valence-corrected chi connectivity index (χ4v) is 2.92. The molecule has 2 aromatic carbocycles. The number of thiazole rings is 1. The van der Waals surface area contributed by atoms with Gasteiger partial charge in [-0.1, -0.05) is 30.3 Å². The minimum atomic E-state index is -0.626. The van der Waals surface area contributed by atoms with E-state index in [0.29, 0.717) is 10.8 Å². The first-order valence-electron chi connectivity index (χ1n) is 8.05. The molecule has 3 rings (SSSR count). The first-order chi connectivity index (χ1) is 13.1. The van der Waals surface area contributed by atoms with Crippen LogP contribution in [-0.4, -0.2) is 23.5 Å². The lowest BCUT2D eigenvalue weighted by molar-refractivity contribution is -0.119. The number of aromatic nitrogens is 1. The maximum absolute atomic E-state index is 12.3. The van der Waals surface area contributed by atoms with Gasteiger partial charge in [0, 0.05) is 11.1 Å². The van der Waals surface area contributed by atoms with Crippen LogP contribution in [0.3, 0.4) is 0 Å². The first-order valence-corrected chi connectivity index (χ1v) is 8.93. The lowest BCUT2D eigenvalue weighted by Gasteiger charge is -2.09. The number of nitrogens with zero attached hydrogens (tertiary/aromatic N) is 1. The number of carbonyl (C=O) groups is 2. The smallest absolute Gasteiger partial charge is 0.342 e. The predicted octanol–water partition coefficient (Wildman–Crippen LogP) is 3.11. The van der Waals surface area contributed by atoms with E-state index in [1.807, 2.05) is 35.7 Å². The van der Waals surface area contributed by atoms with E-state index in [2.05, 4.69) is 10.3 Å². The largest absolute Gasteiger partial charge is 0.483 e. The molecule has 27 heavy (non-hydrogen) atoms. The fourth-order valence-electron chi connectivity index (χ4n) is 2.20. The third-order valence-corrected chi connectivity index (χ3v) is 4.21. The van der Waals surface area contributed by atoms with Crippen molar-refractivity contribution in [1.29, 1.82) is 0 Å². The number of amides is 1. The molecule has 0 aliphatic rings. The van der Waals surface area contributed by atoms with Gasteiger partial charge in [-0.25, -0.2) is 9.78 Å². The average molecular weight is 383 g/mol. The minimum Gasteiger partial charge on any atom is -0.483 e. The molecular formula is C19H17N3O4S. The molecule has 0 unspecified atom stereocenters. The highest BCUT2D eigenvalue weighted by Crippen LogP contribution is 2.22. The summed E-state index contributed by atoms with van der Waals surface area (Å²) < 4.78 is 10.5. The Balaban J connectivity index is 1.59. The van der Waals surface area contributed by atoms with Gasteiger partial charge in [0.1, 0.15) is 17.9 Å². The van der Waals surface area contributed by atoms with E-state index in [9.17, 15) is 9.59 Å². The van der Waals surface area contributed by atoms with Crippen molar-refractivity contribution in [1.82, 2.24) is 4.98 Å². The number of benzene rings is 2. The van der Waals surface area contributed by atoms with Crippen LogP contribution in [0.5, 0.6) is 5.75 Å². The molecule has 138 valence electrons. The van der Waals surface area contributed by atoms with E-state index in [1.165, 1.54) is 11.3 Å². The molecule has 0 aliphatic heterocycles. The highest BCUT2D eigenvalue weighted by atomic mass is 32.1. The quantitative estimate of drug-likeness (QED) is 0.579. The van der Waals surface area contributed by atoms with Crippen LogP contribution in [-0.2, 0) is 16.1 Å². The van der Waals surface area contributed by atoms with Gasteiger partial charge in [-0.2, -0.15) is 0 Å². The van der Waals surface area contributed by atoms with Crippen LogP contribution in [0.2, 0.25) is 0 Å². The van der Waals surface area contributed by atoms with Crippen LogP contribution in [0.1, 0.15) is 16.1 Å². The summed E-state index contributed by atoms with van der Waals surface area (Å²) >= 11 is 1.42. The van der Waals surface area contributed by atoms with Crippen LogP contribution in [0.25, 0.3) is 0 Å². The molecule has 0 atom stereocenters. The molecule has 7 nitrogen and oxygen atoms in total. The molecule has 1 heterocycles. The number of nitrogens with one attached hydrogen (secondary N) is 1. The van der Waals surface area contributed by atoms with Crippen LogP contribution in [0.4, 0.5) is 10.8 Å². The molecule has 0 fully saturated rings. The number of nitrogens with two attached hydrogens (primary N) is 1. The summed E-state index contributed by atoms with van der Waals surface area (Å²) in [6.07, 6.45) is 0. The third kappa shape index (κ3) is 5.29. The number of primary amides is 1. The van der Waals surface area contributed by atoms with E-state index in [-0.39, 0.29) is 24.5 Å². The molecule has 0 aliphatic carbocycles. The monoisotopic (exact) mass is 383 g/mol. The van der Waals surface area contributed by atoms with Crippen LogP contribution in [0, 0.1) is 0 Å². The second-order valence-electron chi connectivity index (χ2n) is 5.46. The zero-order valence-corrected chi connectivity index (χ0v) is 15.1. The van der Waals surface area contributed by atoms with Crippen molar-refractivity contribution in [2.24, 2.45) is 5.73 Å². The zero-order chi connectivity index (χ0) is 19.1. The summed E-state index contributed by atoms with van der Waals surface area (Å²) in [7, 11) is 0. The number of para-hydroxylation sites is 2. The third-order valence-electron chi connectivity index (χ3n) is 3.40. The Bertz CT molecular complexity index is 927. The molecule has 0 radical (unpaired) electrons. The Morgan fingerprint density at radius 1 is 1.07 bits per heavy atom. The number of ether oxygens (including phenoxy) is 2. The number of hydrogen-bond donors (Lipinski definition) is 2. The molecule has 1 amide bonds. The minimum absolute atomic E-state index is 0.0238. The van der Waals surface area contributed by atoms with Crippen LogP contribution in [0.15, 0.2) is 60.0 Å². The van der Waals surface area contributed by atoms with Gasteiger partial charge in [-0.15, -0.1) is 11.3 Å². The van der Waals surface area contributed by atoms with Gasteiger partial charge in [0.25, 0.3) is 5.91 Å². The summed E-state index contributed by atoms with van der Waals surface area (Å²) in [5, 5.41) is 5.70.